The average Bonchev–Trinajstić information content (AvgIpc) is 2.76. The molecule has 2 rings (SSSR count). The summed E-state index contributed by atoms with van der Waals surface area (Å²) in [6, 6.07) is 7.19. The van der Waals surface area contributed by atoms with Crippen molar-refractivity contribution in [3.8, 4) is 0 Å². The van der Waals surface area contributed by atoms with Crippen molar-refractivity contribution >= 4 is 27.0 Å². The minimum absolute atomic E-state index is 0.261. The van der Waals surface area contributed by atoms with Gasteiger partial charge in [0, 0.05) is 19.3 Å². The fourth-order valence-electron chi connectivity index (χ4n) is 1.65. The van der Waals surface area contributed by atoms with Crippen molar-refractivity contribution in [2.45, 2.75) is 17.7 Å². The highest BCUT2D eigenvalue weighted by molar-refractivity contribution is 7.91. The van der Waals surface area contributed by atoms with Crippen LogP contribution in [-0.4, -0.2) is 24.8 Å². The maximum absolute atomic E-state index is 12.3. The van der Waals surface area contributed by atoms with E-state index < -0.39 is 10.0 Å². The van der Waals surface area contributed by atoms with E-state index in [-0.39, 0.29) is 10.8 Å². The lowest BCUT2D eigenvalue weighted by atomic mass is 10.2. The largest absolute Gasteiger partial charge is 0.399 e. The van der Waals surface area contributed by atoms with Gasteiger partial charge in [0.2, 0.25) is 0 Å². The number of aromatic nitrogens is 1. The van der Waals surface area contributed by atoms with Gasteiger partial charge in [0.1, 0.15) is 0 Å². The molecule has 0 aliphatic heterocycles. The Morgan fingerprint density at radius 1 is 1.42 bits per heavy atom. The van der Waals surface area contributed by atoms with E-state index in [4.69, 9.17) is 5.73 Å². The molecule has 2 N–H and O–H groups in total. The minimum Gasteiger partial charge on any atom is -0.399 e. The minimum atomic E-state index is -3.48. The van der Waals surface area contributed by atoms with Crippen molar-refractivity contribution in [3.63, 3.8) is 0 Å². The third-order valence-corrected chi connectivity index (χ3v) is 5.77. The fraction of sp³-hybridized carbons (Fsp3) is 0.250. The van der Waals surface area contributed by atoms with Gasteiger partial charge in [0.05, 0.1) is 11.2 Å². The van der Waals surface area contributed by atoms with Crippen LogP contribution in [0.25, 0.3) is 0 Å². The maximum Gasteiger partial charge on any atom is 0.254 e. The van der Waals surface area contributed by atoms with E-state index in [9.17, 15) is 8.42 Å². The Balaban J connectivity index is 2.22. The zero-order chi connectivity index (χ0) is 14.0. The number of nitrogens with two attached hydrogens (primary N) is 1. The molecule has 0 fully saturated rings. The van der Waals surface area contributed by atoms with Crippen molar-refractivity contribution in [2.24, 2.45) is 0 Å². The number of anilines is 1. The lowest BCUT2D eigenvalue weighted by molar-refractivity contribution is 0.468. The van der Waals surface area contributed by atoms with Crippen LogP contribution in [0.5, 0.6) is 0 Å². The van der Waals surface area contributed by atoms with E-state index in [1.165, 1.54) is 21.8 Å². The highest BCUT2D eigenvalue weighted by Crippen LogP contribution is 2.22. The van der Waals surface area contributed by atoms with Crippen molar-refractivity contribution in [1.29, 1.82) is 0 Å². The number of sulfonamides is 1. The van der Waals surface area contributed by atoms with Gasteiger partial charge in [-0.1, -0.05) is 12.1 Å². The number of nitrogens with zero attached hydrogens (tertiary/aromatic N) is 2. The molecule has 1 heterocycles. The first-order valence-electron chi connectivity index (χ1n) is 5.63. The van der Waals surface area contributed by atoms with Gasteiger partial charge in [0.15, 0.2) is 4.21 Å². The van der Waals surface area contributed by atoms with Gasteiger partial charge in [-0.3, -0.25) is 0 Å². The van der Waals surface area contributed by atoms with Crippen molar-refractivity contribution in [2.75, 3.05) is 12.8 Å². The van der Waals surface area contributed by atoms with Crippen LogP contribution in [0, 0.1) is 6.92 Å². The summed E-state index contributed by atoms with van der Waals surface area (Å²) in [6.07, 6.45) is 1.39. The molecular formula is C12H15N3O2S2. The number of nitrogen functional groups attached to an aromatic ring is 1. The highest BCUT2D eigenvalue weighted by atomic mass is 32.2. The van der Waals surface area contributed by atoms with Gasteiger partial charge < -0.3 is 5.73 Å². The molecule has 0 unspecified atom stereocenters. The topological polar surface area (TPSA) is 76.3 Å². The van der Waals surface area contributed by atoms with E-state index in [0.717, 1.165) is 10.6 Å². The van der Waals surface area contributed by atoms with Gasteiger partial charge >= 0.3 is 0 Å². The van der Waals surface area contributed by atoms with Gasteiger partial charge in [-0.15, -0.1) is 11.3 Å². The first kappa shape index (κ1) is 14.0. The molecule has 0 atom stereocenters. The molecular weight excluding hydrogens is 282 g/mol. The number of hydrogen-bond acceptors (Lipinski definition) is 5. The molecule has 0 saturated heterocycles. The predicted molar refractivity (Wildman–Crippen MR) is 76.4 cm³/mol. The Labute approximate surface area is 116 Å². The zero-order valence-electron chi connectivity index (χ0n) is 10.7. The SMILES string of the molecule is Cc1ncc(S(=O)(=O)N(C)Cc2cccc(N)c2)s1. The van der Waals surface area contributed by atoms with Crippen molar-refractivity contribution in [3.05, 3.63) is 41.0 Å². The number of benzene rings is 1. The smallest absolute Gasteiger partial charge is 0.254 e. The lowest BCUT2D eigenvalue weighted by Gasteiger charge is -2.16. The molecule has 5 nitrogen and oxygen atoms in total. The molecule has 102 valence electrons. The quantitative estimate of drug-likeness (QED) is 0.874. The predicted octanol–water partition coefficient (Wildman–Crippen LogP) is 1.85. The van der Waals surface area contributed by atoms with Crippen molar-refractivity contribution in [1.82, 2.24) is 9.29 Å². The van der Waals surface area contributed by atoms with E-state index >= 15 is 0 Å². The van der Waals surface area contributed by atoms with Crippen LogP contribution in [0.1, 0.15) is 10.6 Å². The highest BCUT2D eigenvalue weighted by Gasteiger charge is 2.23. The first-order chi connectivity index (χ1) is 8.89. The first-order valence-corrected chi connectivity index (χ1v) is 7.88. The Hall–Kier alpha value is -1.44. The molecule has 0 radical (unpaired) electrons. The number of hydrogen-bond donors (Lipinski definition) is 1. The van der Waals surface area contributed by atoms with Gasteiger partial charge in [-0.2, -0.15) is 4.31 Å². The maximum atomic E-state index is 12.3. The van der Waals surface area contributed by atoms with Crippen LogP contribution in [0.15, 0.2) is 34.7 Å². The molecule has 0 saturated carbocycles. The molecule has 2 aromatic rings. The Kier molecular flexibility index (Phi) is 3.88. The summed E-state index contributed by atoms with van der Waals surface area (Å²) in [4.78, 5) is 3.98. The lowest BCUT2D eigenvalue weighted by Crippen LogP contribution is -2.25. The summed E-state index contributed by atoms with van der Waals surface area (Å²) in [6.45, 7) is 2.06. The monoisotopic (exact) mass is 297 g/mol. The number of thiazole rings is 1. The van der Waals surface area contributed by atoms with Crippen LogP contribution in [-0.2, 0) is 16.6 Å². The van der Waals surface area contributed by atoms with Crippen LogP contribution < -0.4 is 5.73 Å². The third-order valence-electron chi connectivity index (χ3n) is 2.62. The molecule has 0 aliphatic rings. The second-order valence-electron chi connectivity index (χ2n) is 4.20. The molecule has 1 aromatic carbocycles. The van der Waals surface area contributed by atoms with E-state index in [2.05, 4.69) is 4.98 Å². The average molecular weight is 297 g/mol. The van der Waals surface area contributed by atoms with E-state index in [1.54, 1.807) is 26.1 Å². The number of aryl methyl sites for hydroxylation is 1. The van der Waals surface area contributed by atoms with Gasteiger partial charge in [-0.25, -0.2) is 13.4 Å². The molecule has 0 bridgehead atoms. The number of rotatable bonds is 4. The zero-order valence-corrected chi connectivity index (χ0v) is 12.3. The molecule has 0 aliphatic carbocycles. The summed E-state index contributed by atoms with van der Waals surface area (Å²) in [5.74, 6) is 0. The summed E-state index contributed by atoms with van der Waals surface area (Å²) in [5.41, 5.74) is 7.16. The van der Waals surface area contributed by atoms with Crippen LogP contribution in [0.4, 0.5) is 5.69 Å². The Bertz CT molecular complexity index is 680. The molecule has 7 heteroatoms. The normalized spacial score (nSPS) is 11.9. The van der Waals surface area contributed by atoms with Crippen molar-refractivity contribution < 1.29 is 8.42 Å². The van der Waals surface area contributed by atoms with E-state index in [0.29, 0.717) is 5.69 Å². The summed E-state index contributed by atoms with van der Waals surface area (Å²) in [7, 11) is -1.93. The van der Waals surface area contributed by atoms with Gasteiger partial charge in [0.25, 0.3) is 10.0 Å². The third kappa shape index (κ3) is 3.12. The molecule has 19 heavy (non-hydrogen) atoms. The second-order valence-corrected chi connectivity index (χ2v) is 7.71. The molecule has 1 aromatic heterocycles. The molecule has 0 spiro atoms. The Morgan fingerprint density at radius 3 is 2.74 bits per heavy atom. The molecule has 0 amide bonds. The Morgan fingerprint density at radius 2 is 2.16 bits per heavy atom. The fourth-order valence-corrected chi connectivity index (χ4v) is 4.13. The van der Waals surface area contributed by atoms with E-state index in [1.807, 2.05) is 12.1 Å². The standard InChI is InChI=1S/C12H15N3O2S2/c1-9-14-7-12(18-9)19(16,17)15(2)8-10-4-3-5-11(13)6-10/h3-7H,8,13H2,1-2H3. The second kappa shape index (κ2) is 5.28. The van der Waals surface area contributed by atoms with Gasteiger partial charge in [-0.05, 0) is 24.6 Å². The summed E-state index contributed by atoms with van der Waals surface area (Å²) < 4.78 is 26.2. The van der Waals surface area contributed by atoms with Crippen LogP contribution >= 0.6 is 11.3 Å². The summed E-state index contributed by atoms with van der Waals surface area (Å²) in [5, 5.41) is 0.732. The summed E-state index contributed by atoms with van der Waals surface area (Å²) >= 11 is 1.17. The van der Waals surface area contributed by atoms with Crippen LogP contribution in [0.3, 0.4) is 0 Å². The van der Waals surface area contributed by atoms with Crippen LogP contribution in [0.2, 0.25) is 0 Å².